The van der Waals surface area contributed by atoms with Crippen LogP contribution in [0.2, 0.25) is 15.1 Å². The molecule has 0 radical (unpaired) electrons. The minimum absolute atomic E-state index is 0.0156. The van der Waals surface area contributed by atoms with Crippen molar-refractivity contribution >= 4 is 46.6 Å². The van der Waals surface area contributed by atoms with Crippen LogP contribution >= 0.6 is 34.8 Å². The predicted octanol–water partition coefficient (Wildman–Crippen LogP) is 3.46. The number of carbonyl (C=O) groups is 2. The molecule has 29 heavy (non-hydrogen) atoms. The zero-order valence-electron chi connectivity index (χ0n) is 15.1. The number of nitrogens with one attached hydrogen (secondary N) is 2. The third kappa shape index (κ3) is 7.36. The van der Waals surface area contributed by atoms with Gasteiger partial charge in [0, 0.05) is 19.5 Å². The summed E-state index contributed by atoms with van der Waals surface area (Å²) in [6, 6.07) is 8.28. The van der Waals surface area contributed by atoms with Crippen LogP contribution in [0.3, 0.4) is 0 Å². The highest BCUT2D eigenvalue weighted by Gasteiger charge is 2.13. The highest BCUT2D eigenvalue weighted by molar-refractivity contribution is 6.42. The Kier molecular flexibility index (Phi) is 8.98. The van der Waals surface area contributed by atoms with Gasteiger partial charge in [-0.3, -0.25) is 9.59 Å². The average Bonchev–Trinajstić information content (AvgIpc) is 2.67. The summed E-state index contributed by atoms with van der Waals surface area (Å²) in [4.78, 5) is 23.8. The zero-order chi connectivity index (χ0) is 21.4. The summed E-state index contributed by atoms with van der Waals surface area (Å²) in [6.07, 6.45) is -0.986. The van der Waals surface area contributed by atoms with Crippen molar-refractivity contribution in [1.29, 1.82) is 0 Å². The van der Waals surface area contributed by atoms with E-state index in [1.807, 2.05) is 0 Å². The molecular weight excluding hydrogens is 446 g/mol. The van der Waals surface area contributed by atoms with Crippen LogP contribution in [0.15, 0.2) is 36.4 Å². The first-order valence-corrected chi connectivity index (χ1v) is 9.66. The van der Waals surface area contributed by atoms with Crippen molar-refractivity contribution in [3.8, 4) is 5.75 Å². The first-order valence-electron chi connectivity index (χ1n) is 8.52. The Hall–Kier alpha value is -2.06. The van der Waals surface area contributed by atoms with E-state index < -0.39 is 17.8 Å². The SMILES string of the molecule is O=C(CCNC(=O)c1ccc(F)cc1Cl)NCC(O)COc1cccc(Cl)c1Cl. The number of benzene rings is 2. The first-order chi connectivity index (χ1) is 13.8. The summed E-state index contributed by atoms with van der Waals surface area (Å²) in [5.41, 5.74) is 0.112. The molecule has 2 rings (SSSR count). The van der Waals surface area contributed by atoms with Crippen molar-refractivity contribution in [1.82, 2.24) is 10.6 Å². The minimum atomic E-state index is -0.971. The van der Waals surface area contributed by atoms with Crippen LogP contribution in [0.5, 0.6) is 5.75 Å². The normalized spacial score (nSPS) is 11.6. The molecule has 0 heterocycles. The molecule has 0 bridgehead atoms. The highest BCUT2D eigenvalue weighted by atomic mass is 35.5. The molecule has 0 aliphatic rings. The average molecular weight is 464 g/mol. The Morgan fingerprint density at radius 3 is 2.59 bits per heavy atom. The molecule has 0 aliphatic carbocycles. The third-order valence-electron chi connectivity index (χ3n) is 3.70. The lowest BCUT2D eigenvalue weighted by molar-refractivity contribution is -0.121. The number of rotatable bonds is 9. The van der Waals surface area contributed by atoms with Gasteiger partial charge in [-0.2, -0.15) is 0 Å². The van der Waals surface area contributed by atoms with Crippen LogP contribution in [0, 0.1) is 5.82 Å². The van der Waals surface area contributed by atoms with Crippen LogP contribution in [0.25, 0.3) is 0 Å². The molecule has 2 aromatic rings. The van der Waals surface area contributed by atoms with Crippen LogP contribution in [-0.4, -0.2) is 42.7 Å². The van der Waals surface area contributed by atoms with E-state index in [0.717, 1.165) is 12.1 Å². The van der Waals surface area contributed by atoms with E-state index in [2.05, 4.69) is 10.6 Å². The van der Waals surface area contributed by atoms with Gasteiger partial charge in [0.1, 0.15) is 29.3 Å². The summed E-state index contributed by atoms with van der Waals surface area (Å²) in [5.74, 6) is -1.12. The Morgan fingerprint density at radius 1 is 1.10 bits per heavy atom. The predicted molar refractivity (Wildman–Crippen MR) is 109 cm³/mol. The van der Waals surface area contributed by atoms with Crippen LogP contribution in [0.4, 0.5) is 4.39 Å². The Bertz CT molecular complexity index is 883. The number of amides is 2. The molecule has 0 spiro atoms. The number of ether oxygens (including phenoxy) is 1. The molecule has 0 aromatic heterocycles. The van der Waals surface area contributed by atoms with E-state index in [-0.39, 0.29) is 47.6 Å². The Balaban J connectivity index is 1.67. The largest absolute Gasteiger partial charge is 0.489 e. The van der Waals surface area contributed by atoms with Gasteiger partial charge in [-0.1, -0.05) is 40.9 Å². The fraction of sp³-hybridized carbons (Fsp3) is 0.263. The summed E-state index contributed by atoms with van der Waals surface area (Å²) < 4.78 is 18.4. The van der Waals surface area contributed by atoms with Crippen molar-refractivity contribution in [3.63, 3.8) is 0 Å². The monoisotopic (exact) mass is 462 g/mol. The van der Waals surface area contributed by atoms with Gasteiger partial charge in [-0.15, -0.1) is 0 Å². The second-order valence-corrected chi connectivity index (χ2v) is 7.14. The van der Waals surface area contributed by atoms with Crippen molar-refractivity contribution in [2.75, 3.05) is 19.7 Å². The van der Waals surface area contributed by atoms with E-state index in [1.165, 1.54) is 6.07 Å². The van der Waals surface area contributed by atoms with Crippen LogP contribution in [0.1, 0.15) is 16.8 Å². The lowest BCUT2D eigenvalue weighted by Gasteiger charge is -2.14. The second kappa shape index (κ2) is 11.2. The summed E-state index contributed by atoms with van der Waals surface area (Å²) in [5, 5.41) is 15.5. The highest BCUT2D eigenvalue weighted by Crippen LogP contribution is 2.31. The molecule has 10 heteroatoms. The maximum Gasteiger partial charge on any atom is 0.252 e. The topological polar surface area (TPSA) is 87.7 Å². The van der Waals surface area contributed by atoms with Crippen molar-refractivity contribution in [2.24, 2.45) is 0 Å². The van der Waals surface area contributed by atoms with E-state index in [4.69, 9.17) is 39.5 Å². The van der Waals surface area contributed by atoms with Crippen molar-refractivity contribution in [2.45, 2.75) is 12.5 Å². The molecule has 6 nitrogen and oxygen atoms in total. The molecule has 156 valence electrons. The standard InChI is InChI=1S/C19H18Cl3FN2O4/c20-14-2-1-3-16(18(14)22)29-10-12(26)9-25-17(27)6-7-24-19(28)13-5-4-11(23)8-15(13)21/h1-5,8,12,26H,6-7,9-10H2,(H,24,28)(H,25,27). The summed E-state index contributed by atoms with van der Waals surface area (Å²) in [7, 11) is 0. The molecule has 2 amide bonds. The lowest BCUT2D eigenvalue weighted by Crippen LogP contribution is -2.37. The smallest absolute Gasteiger partial charge is 0.252 e. The lowest BCUT2D eigenvalue weighted by atomic mass is 10.2. The molecule has 0 fully saturated rings. The van der Waals surface area contributed by atoms with E-state index >= 15 is 0 Å². The van der Waals surface area contributed by atoms with Gasteiger partial charge in [0.05, 0.1) is 15.6 Å². The van der Waals surface area contributed by atoms with Crippen LogP contribution < -0.4 is 15.4 Å². The molecule has 0 saturated heterocycles. The summed E-state index contributed by atoms with van der Waals surface area (Å²) >= 11 is 17.7. The Morgan fingerprint density at radius 2 is 1.86 bits per heavy atom. The minimum Gasteiger partial charge on any atom is -0.489 e. The van der Waals surface area contributed by atoms with E-state index in [1.54, 1.807) is 18.2 Å². The van der Waals surface area contributed by atoms with Gasteiger partial charge in [0.25, 0.3) is 5.91 Å². The quantitative estimate of drug-likeness (QED) is 0.531. The molecule has 1 atom stereocenters. The van der Waals surface area contributed by atoms with E-state index in [0.29, 0.717) is 10.8 Å². The molecular formula is C19H18Cl3FN2O4. The number of hydrogen-bond donors (Lipinski definition) is 3. The Labute approximate surface area is 181 Å². The van der Waals surface area contributed by atoms with Gasteiger partial charge < -0.3 is 20.5 Å². The van der Waals surface area contributed by atoms with Gasteiger partial charge >= 0.3 is 0 Å². The number of halogens is 4. The zero-order valence-corrected chi connectivity index (χ0v) is 17.3. The van der Waals surface area contributed by atoms with Crippen LogP contribution in [-0.2, 0) is 4.79 Å². The molecule has 3 N–H and O–H groups in total. The number of carbonyl (C=O) groups excluding carboxylic acids is 2. The first kappa shape index (κ1) is 23.2. The fourth-order valence-corrected chi connectivity index (χ4v) is 2.82. The van der Waals surface area contributed by atoms with Gasteiger partial charge in [-0.05, 0) is 30.3 Å². The molecule has 1 unspecified atom stereocenters. The second-order valence-electron chi connectivity index (χ2n) is 5.95. The van der Waals surface area contributed by atoms with Gasteiger partial charge in [0.2, 0.25) is 5.91 Å². The van der Waals surface area contributed by atoms with E-state index in [9.17, 15) is 19.1 Å². The third-order valence-corrected chi connectivity index (χ3v) is 4.81. The van der Waals surface area contributed by atoms with Gasteiger partial charge in [0.15, 0.2) is 0 Å². The van der Waals surface area contributed by atoms with Crippen molar-refractivity contribution < 1.29 is 23.8 Å². The number of hydrogen-bond acceptors (Lipinski definition) is 4. The molecule has 0 aliphatic heterocycles. The fourth-order valence-electron chi connectivity index (χ4n) is 2.22. The number of aliphatic hydroxyl groups is 1. The van der Waals surface area contributed by atoms with Crippen molar-refractivity contribution in [3.05, 3.63) is 62.8 Å². The molecule has 0 saturated carbocycles. The maximum absolute atomic E-state index is 13.0. The summed E-state index contributed by atoms with van der Waals surface area (Å²) in [6.45, 7) is -0.0992. The number of aliphatic hydroxyl groups excluding tert-OH is 1. The van der Waals surface area contributed by atoms with Gasteiger partial charge in [-0.25, -0.2) is 4.39 Å². The maximum atomic E-state index is 13.0. The molecule has 2 aromatic carbocycles.